The van der Waals surface area contributed by atoms with Crippen LogP contribution >= 0.6 is 0 Å². The molecule has 0 saturated carbocycles. The number of amides is 1. The van der Waals surface area contributed by atoms with Gasteiger partial charge in [-0.1, -0.05) is 0 Å². The smallest absolute Gasteiger partial charge is 0.421 e. The number of anilines is 1. The summed E-state index contributed by atoms with van der Waals surface area (Å²) in [5, 5.41) is 0. The molecule has 5 nitrogen and oxygen atoms in total. The van der Waals surface area contributed by atoms with E-state index in [9.17, 15) is 18.0 Å². The highest BCUT2D eigenvalue weighted by Crippen LogP contribution is 2.40. The van der Waals surface area contributed by atoms with Crippen LogP contribution in [0.4, 0.5) is 23.7 Å². The number of hydrogen-bond donors (Lipinski definition) is 0. The summed E-state index contributed by atoms with van der Waals surface area (Å²) in [5.41, 5.74) is -1.24. The molecule has 1 aliphatic rings. The van der Waals surface area contributed by atoms with Crippen molar-refractivity contribution >= 4 is 11.8 Å². The number of carbonyl (C=O) groups is 1. The number of aromatic nitrogens is 1. The second-order valence-corrected chi connectivity index (χ2v) is 5.89. The summed E-state index contributed by atoms with van der Waals surface area (Å²) < 4.78 is 49.1. The molecule has 8 heteroatoms. The Balaban J connectivity index is 2.41. The summed E-state index contributed by atoms with van der Waals surface area (Å²) in [5.74, 6) is -0.489. The summed E-state index contributed by atoms with van der Waals surface area (Å²) in [6, 6.07) is 0.887. The zero-order chi connectivity index (χ0) is 16.7. The van der Waals surface area contributed by atoms with Gasteiger partial charge in [0.15, 0.2) is 0 Å². The maximum absolute atomic E-state index is 13.0. The molecule has 0 N–H and O–H groups in total. The summed E-state index contributed by atoms with van der Waals surface area (Å²) in [7, 11) is 1.13. The molecule has 22 heavy (non-hydrogen) atoms. The lowest BCUT2D eigenvalue weighted by Gasteiger charge is -2.25. The number of carbonyl (C=O) groups excluding carboxylic acids is 1. The van der Waals surface area contributed by atoms with Crippen molar-refractivity contribution in [2.75, 3.05) is 18.6 Å². The third-order valence-electron chi connectivity index (χ3n) is 3.02. The third kappa shape index (κ3) is 3.26. The Morgan fingerprint density at radius 2 is 1.95 bits per heavy atom. The molecular weight excluding hydrogens is 301 g/mol. The van der Waals surface area contributed by atoms with Crippen LogP contribution in [0.1, 0.15) is 32.0 Å². The maximum Gasteiger partial charge on any atom is 0.421 e. The van der Waals surface area contributed by atoms with Gasteiger partial charge in [0.05, 0.1) is 18.5 Å². The largest absolute Gasteiger partial charge is 0.481 e. The molecule has 1 aromatic heterocycles. The van der Waals surface area contributed by atoms with E-state index in [0.29, 0.717) is 12.1 Å². The van der Waals surface area contributed by atoms with Gasteiger partial charge in [-0.05, 0) is 26.8 Å². The van der Waals surface area contributed by atoms with Crippen LogP contribution in [0.5, 0.6) is 5.88 Å². The second kappa shape index (κ2) is 5.33. The van der Waals surface area contributed by atoms with Crippen molar-refractivity contribution < 1.29 is 27.4 Å². The number of pyridine rings is 1. The first-order chi connectivity index (χ1) is 10.0. The first kappa shape index (κ1) is 16.4. The van der Waals surface area contributed by atoms with Crippen molar-refractivity contribution in [2.45, 2.75) is 39.0 Å². The molecule has 1 aromatic rings. The molecule has 0 aromatic carbocycles. The summed E-state index contributed by atoms with van der Waals surface area (Å²) in [6.45, 7) is 5.29. The molecule has 2 rings (SSSR count). The number of hydrogen-bond acceptors (Lipinski definition) is 4. The Morgan fingerprint density at radius 3 is 2.45 bits per heavy atom. The average Bonchev–Trinajstić information content (AvgIpc) is 2.76. The number of nitrogens with zero attached hydrogens (tertiary/aromatic N) is 2. The lowest BCUT2D eigenvalue weighted by molar-refractivity contribution is -0.139. The van der Waals surface area contributed by atoms with Gasteiger partial charge >= 0.3 is 12.3 Å². The van der Waals surface area contributed by atoms with Gasteiger partial charge in [0.1, 0.15) is 11.2 Å². The molecule has 0 aliphatic carbocycles. The normalized spacial score (nSPS) is 14.8. The monoisotopic (exact) mass is 318 g/mol. The Morgan fingerprint density at radius 1 is 1.32 bits per heavy atom. The van der Waals surface area contributed by atoms with Crippen molar-refractivity contribution in [3.63, 3.8) is 0 Å². The van der Waals surface area contributed by atoms with E-state index in [1.54, 1.807) is 20.8 Å². The number of methoxy groups -OCH3 is 1. The Kier molecular flexibility index (Phi) is 3.97. The minimum atomic E-state index is -4.62. The molecule has 0 bridgehead atoms. The number of fused-ring (bicyclic) bond motifs is 1. The molecule has 0 saturated heterocycles. The fourth-order valence-electron chi connectivity index (χ4n) is 2.14. The number of rotatable bonds is 1. The van der Waals surface area contributed by atoms with Gasteiger partial charge in [0, 0.05) is 13.0 Å². The molecule has 0 spiro atoms. The van der Waals surface area contributed by atoms with Crippen molar-refractivity contribution in [2.24, 2.45) is 0 Å². The number of alkyl halides is 3. The van der Waals surface area contributed by atoms with Crippen molar-refractivity contribution in [3.05, 3.63) is 17.3 Å². The lowest BCUT2D eigenvalue weighted by Crippen LogP contribution is -2.35. The minimum Gasteiger partial charge on any atom is -0.481 e. The zero-order valence-electron chi connectivity index (χ0n) is 12.7. The summed E-state index contributed by atoms with van der Waals surface area (Å²) in [6.07, 6.45) is -4.95. The molecule has 0 fully saturated rings. The molecule has 0 atom stereocenters. The van der Waals surface area contributed by atoms with Gasteiger partial charge in [-0.2, -0.15) is 13.2 Å². The van der Waals surface area contributed by atoms with Crippen molar-refractivity contribution in [3.8, 4) is 5.88 Å². The molecule has 1 amide bonds. The van der Waals surface area contributed by atoms with Crippen LogP contribution in [0.15, 0.2) is 6.07 Å². The predicted octanol–water partition coefficient (Wildman–Crippen LogP) is 3.41. The van der Waals surface area contributed by atoms with Crippen molar-refractivity contribution in [1.82, 2.24) is 4.98 Å². The van der Waals surface area contributed by atoms with Gasteiger partial charge in [0.25, 0.3) is 0 Å². The van der Waals surface area contributed by atoms with Crippen LogP contribution in [0, 0.1) is 0 Å². The maximum atomic E-state index is 13.0. The third-order valence-corrected chi connectivity index (χ3v) is 3.02. The van der Waals surface area contributed by atoms with E-state index in [1.807, 2.05) is 0 Å². The van der Waals surface area contributed by atoms with Crippen molar-refractivity contribution in [1.29, 1.82) is 0 Å². The molecule has 1 aliphatic heterocycles. The predicted molar refractivity (Wildman–Crippen MR) is 73.1 cm³/mol. The summed E-state index contributed by atoms with van der Waals surface area (Å²) >= 11 is 0. The minimum absolute atomic E-state index is 0.113. The zero-order valence-corrected chi connectivity index (χ0v) is 12.7. The van der Waals surface area contributed by atoms with E-state index in [4.69, 9.17) is 9.47 Å². The van der Waals surface area contributed by atoms with Gasteiger partial charge < -0.3 is 9.47 Å². The average molecular weight is 318 g/mol. The Hall–Kier alpha value is -1.99. The van der Waals surface area contributed by atoms with Crippen LogP contribution in [0.25, 0.3) is 0 Å². The van der Waals surface area contributed by atoms with Crippen LogP contribution in [-0.2, 0) is 17.3 Å². The first-order valence-electron chi connectivity index (χ1n) is 6.68. The molecule has 2 heterocycles. The van der Waals surface area contributed by atoms with E-state index in [0.717, 1.165) is 13.2 Å². The standard InChI is InChI=1S/C14H17F3N2O3/c1-13(2,3)22-12(20)19-6-5-9-10(19)7-8(14(15,16)17)11(18-9)21-4/h7H,5-6H2,1-4H3. The highest BCUT2D eigenvalue weighted by atomic mass is 19.4. The number of ether oxygens (including phenoxy) is 2. The van der Waals surface area contributed by atoms with Gasteiger partial charge in [-0.25, -0.2) is 9.78 Å². The second-order valence-electron chi connectivity index (χ2n) is 5.89. The van der Waals surface area contributed by atoms with E-state index < -0.39 is 29.3 Å². The van der Waals surface area contributed by atoms with Crippen LogP contribution in [0.3, 0.4) is 0 Å². The topological polar surface area (TPSA) is 51.7 Å². The van der Waals surface area contributed by atoms with E-state index >= 15 is 0 Å². The molecular formula is C14H17F3N2O3. The highest BCUT2D eigenvalue weighted by Gasteiger charge is 2.39. The SMILES string of the molecule is COc1nc2c(cc1C(F)(F)F)N(C(=O)OC(C)(C)C)CC2. The highest BCUT2D eigenvalue weighted by molar-refractivity contribution is 5.90. The molecule has 0 radical (unpaired) electrons. The summed E-state index contributed by atoms with van der Waals surface area (Å²) in [4.78, 5) is 17.1. The van der Waals surface area contributed by atoms with Gasteiger partial charge in [-0.15, -0.1) is 0 Å². The van der Waals surface area contributed by atoms with E-state index in [-0.39, 0.29) is 12.2 Å². The van der Waals surface area contributed by atoms with Gasteiger partial charge in [-0.3, -0.25) is 4.90 Å². The number of halogens is 3. The quantitative estimate of drug-likeness (QED) is 0.796. The van der Waals surface area contributed by atoms with Crippen LogP contribution in [0.2, 0.25) is 0 Å². The Labute approximate surface area is 126 Å². The van der Waals surface area contributed by atoms with Crippen LogP contribution < -0.4 is 9.64 Å². The molecule has 122 valence electrons. The van der Waals surface area contributed by atoms with Gasteiger partial charge in [0.2, 0.25) is 5.88 Å². The fourth-order valence-corrected chi connectivity index (χ4v) is 2.14. The lowest BCUT2D eigenvalue weighted by atomic mass is 10.2. The van der Waals surface area contributed by atoms with Crippen LogP contribution in [-0.4, -0.2) is 30.3 Å². The first-order valence-corrected chi connectivity index (χ1v) is 6.68. The molecule has 0 unspecified atom stereocenters. The fraction of sp³-hybridized carbons (Fsp3) is 0.571. The van der Waals surface area contributed by atoms with E-state index in [1.165, 1.54) is 4.90 Å². The van der Waals surface area contributed by atoms with E-state index in [2.05, 4.69) is 4.98 Å². The Bertz CT molecular complexity index is 594.